The van der Waals surface area contributed by atoms with Gasteiger partial charge in [0.15, 0.2) is 0 Å². The van der Waals surface area contributed by atoms with E-state index in [1.807, 2.05) is 6.92 Å². The van der Waals surface area contributed by atoms with Gasteiger partial charge < -0.3 is 15.7 Å². The van der Waals surface area contributed by atoms with E-state index in [0.29, 0.717) is 6.42 Å². The molecule has 18 heavy (non-hydrogen) atoms. The van der Waals surface area contributed by atoms with E-state index in [9.17, 15) is 0 Å². The standard InChI is InChI=1S/C13H24N4O/c1-5-10-11(14-6-2)15-9-16-12(10)17-13(3,4)7-8-18/h9,18H,5-8H2,1-4H3,(H2,14,15,16,17). The summed E-state index contributed by atoms with van der Waals surface area (Å²) in [5, 5.41) is 15.7. The Bertz CT molecular complexity index is 379. The van der Waals surface area contributed by atoms with Crippen LogP contribution >= 0.6 is 0 Å². The van der Waals surface area contributed by atoms with Crippen LogP contribution in [-0.2, 0) is 6.42 Å². The minimum Gasteiger partial charge on any atom is -0.396 e. The van der Waals surface area contributed by atoms with Gasteiger partial charge in [-0.1, -0.05) is 6.92 Å². The Balaban J connectivity index is 2.97. The molecule has 1 rings (SSSR count). The minimum atomic E-state index is -0.184. The van der Waals surface area contributed by atoms with Gasteiger partial charge in [0.2, 0.25) is 0 Å². The fourth-order valence-corrected chi connectivity index (χ4v) is 1.84. The van der Waals surface area contributed by atoms with Gasteiger partial charge in [-0.15, -0.1) is 0 Å². The molecule has 1 aromatic rings. The van der Waals surface area contributed by atoms with Crippen molar-refractivity contribution in [3.8, 4) is 0 Å². The van der Waals surface area contributed by atoms with E-state index in [0.717, 1.165) is 30.2 Å². The number of aromatic nitrogens is 2. The maximum Gasteiger partial charge on any atom is 0.135 e. The molecule has 0 spiro atoms. The number of nitrogens with zero attached hydrogens (tertiary/aromatic N) is 2. The molecule has 1 heterocycles. The van der Waals surface area contributed by atoms with Crippen molar-refractivity contribution >= 4 is 11.6 Å². The van der Waals surface area contributed by atoms with E-state index in [-0.39, 0.29) is 12.1 Å². The predicted molar refractivity (Wildman–Crippen MR) is 75.0 cm³/mol. The van der Waals surface area contributed by atoms with Crippen LogP contribution < -0.4 is 10.6 Å². The Hall–Kier alpha value is -1.36. The van der Waals surface area contributed by atoms with Crippen LogP contribution in [0.25, 0.3) is 0 Å². The number of nitrogens with one attached hydrogen (secondary N) is 2. The van der Waals surface area contributed by atoms with Crippen LogP contribution in [0, 0.1) is 0 Å². The first-order valence-electron chi connectivity index (χ1n) is 6.50. The Morgan fingerprint density at radius 3 is 2.44 bits per heavy atom. The van der Waals surface area contributed by atoms with E-state index in [2.05, 4.69) is 41.4 Å². The van der Waals surface area contributed by atoms with Crippen LogP contribution in [0.4, 0.5) is 11.6 Å². The van der Waals surface area contributed by atoms with Gasteiger partial charge in [0.05, 0.1) is 0 Å². The van der Waals surface area contributed by atoms with E-state index < -0.39 is 0 Å². The van der Waals surface area contributed by atoms with Crippen LogP contribution in [0.15, 0.2) is 6.33 Å². The van der Waals surface area contributed by atoms with Crippen molar-refractivity contribution in [1.82, 2.24) is 9.97 Å². The summed E-state index contributed by atoms with van der Waals surface area (Å²) < 4.78 is 0. The highest BCUT2D eigenvalue weighted by Crippen LogP contribution is 2.24. The van der Waals surface area contributed by atoms with Gasteiger partial charge in [-0.3, -0.25) is 0 Å². The molecular weight excluding hydrogens is 228 g/mol. The van der Waals surface area contributed by atoms with Gasteiger partial charge >= 0.3 is 0 Å². The molecule has 0 aliphatic carbocycles. The lowest BCUT2D eigenvalue weighted by Gasteiger charge is -2.27. The average Bonchev–Trinajstić information content (AvgIpc) is 2.29. The fourth-order valence-electron chi connectivity index (χ4n) is 1.84. The molecule has 0 aromatic carbocycles. The van der Waals surface area contributed by atoms with Crippen molar-refractivity contribution in [2.45, 2.75) is 46.1 Å². The molecule has 0 unspecified atom stereocenters. The monoisotopic (exact) mass is 252 g/mol. The molecule has 3 N–H and O–H groups in total. The van der Waals surface area contributed by atoms with Crippen molar-refractivity contribution in [3.05, 3.63) is 11.9 Å². The molecule has 0 saturated carbocycles. The van der Waals surface area contributed by atoms with Crippen molar-refractivity contribution in [1.29, 1.82) is 0 Å². The molecule has 5 heteroatoms. The zero-order valence-electron chi connectivity index (χ0n) is 11.7. The van der Waals surface area contributed by atoms with E-state index in [4.69, 9.17) is 5.11 Å². The Labute approximate surface area is 109 Å². The maximum absolute atomic E-state index is 9.06. The second-order valence-corrected chi connectivity index (χ2v) is 4.92. The quantitative estimate of drug-likeness (QED) is 0.693. The highest BCUT2D eigenvalue weighted by molar-refractivity contribution is 5.58. The molecule has 0 saturated heterocycles. The second kappa shape index (κ2) is 6.54. The third-order valence-corrected chi connectivity index (χ3v) is 2.84. The summed E-state index contributed by atoms with van der Waals surface area (Å²) in [5.41, 5.74) is 0.904. The molecule has 0 atom stereocenters. The van der Waals surface area contributed by atoms with Crippen LogP contribution in [0.3, 0.4) is 0 Å². The maximum atomic E-state index is 9.06. The Morgan fingerprint density at radius 2 is 1.89 bits per heavy atom. The number of aliphatic hydroxyl groups is 1. The largest absolute Gasteiger partial charge is 0.396 e. The minimum absolute atomic E-state index is 0.159. The van der Waals surface area contributed by atoms with Crippen LogP contribution in [-0.4, -0.2) is 33.8 Å². The van der Waals surface area contributed by atoms with Gasteiger partial charge in [0.25, 0.3) is 0 Å². The number of hydrogen-bond donors (Lipinski definition) is 3. The SMILES string of the molecule is CCNc1ncnc(NC(C)(C)CCO)c1CC. The van der Waals surface area contributed by atoms with Crippen molar-refractivity contribution < 1.29 is 5.11 Å². The molecule has 0 amide bonds. The average molecular weight is 252 g/mol. The van der Waals surface area contributed by atoms with Gasteiger partial charge in [0.1, 0.15) is 18.0 Å². The third kappa shape index (κ3) is 3.84. The number of hydrogen-bond acceptors (Lipinski definition) is 5. The molecule has 0 aliphatic rings. The van der Waals surface area contributed by atoms with Gasteiger partial charge in [-0.25, -0.2) is 9.97 Å². The van der Waals surface area contributed by atoms with Crippen molar-refractivity contribution in [2.24, 2.45) is 0 Å². The van der Waals surface area contributed by atoms with Crippen LogP contribution in [0.5, 0.6) is 0 Å². The van der Waals surface area contributed by atoms with Gasteiger partial charge in [-0.2, -0.15) is 0 Å². The molecule has 1 aromatic heterocycles. The third-order valence-electron chi connectivity index (χ3n) is 2.84. The lowest BCUT2D eigenvalue weighted by molar-refractivity contribution is 0.260. The summed E-state index contributed by atoms with van der Waals surface area (Å²) in [6.07, 6.45) is 3.10. The summed E-state index contributed by atoms with van der Waals surface area (Å²) in [7, 11) is 0. The summed E-state index contributed by atoms with van der Waals surface area (Å²) in [4.78, 5) is 8.58. The van der Waals surface area contributed by atoms with E-state index in [1.54, 1.807) is 6.33 Å². The highest BCUT2D eigenvalue weighted by atomic mass is 16.3. The lowest BCUT2D eigenvalue weighted by Crippen LogP contribution is -2.33. The topological polar surface area (TPSA) is 70.1 Å². The molecule has 102 valence electrons. The zero-order valence-corrected chi connectivity index (χ0v) is 11.7. The lowest BCUT2D eigenvalue weighted by atomic mass is 10.0. The molecule has 0 radical (unpaired) electrons. The molecule has 5 nitrogen and oxygen atoms in total. The normalized spacial score (nSPS) is 11.4. The molecule has 0 aliphatic heterocycles. The molecule has 0 bridgehead atoms. The highest BCUT2D eigenvalue weighted by Gasteiger charge is 2.20. The summed E-state index contributed by atoms with van der Waals surface area (Å²) in [6.45, 7) is 9.24. The van der Waals surface area contributed by atoms with Crippen molar-refractivity contribution in [2.75, 3.05) is 23.8 Å². The van der Waals surface area contributed by atoms with Crippen LogP contribution in [0.2, 0.25) is 0 Å². The number of aliphatic hydroxyl groups excluding tert-OH is 1. The van der Waals surface area contributed by atoms with E-state index in [1.165, 1.54) is 0 Å². The fraction of sp³-hybridized carbons (Fsp3) is 0.692. The predicted octanol–water partition coefficient (Wildman–Crippen LogP) is 2.04. The molecule has 0 fully saturated rings. The number of anilines is 2. The van der Waals surface area contributed by atoms with Gasteiger partial charge in [0, 0.05) is 24.3 Å². The first kappa shape index (κ1) is 14.7. The van der Waals surface area contributed by atoms with Crippen LogP contribution in [0.1, 0.15) is 39.7 Å². The second-order valence-electron chi connectivity index (χ2n) is 4.92. The Kier molecular flexibility index (Phi) is 5.34. The van der Waals surface area contributed by atoms with Gasteiger partial charge in [-0.05, 0) is 33.6 Å². The smallest absolute Gasteiger partial charge is 0.135 e. The van der Waals surface area contributed by atoms with E-state index >= 15 is 0 Å². The summed E-state index contributed by atoms with van der Waals surface area (Å²) >= 11 is 0. The molecular formula is C13H24N4O. The summed E-state index contributed by atoms with van der Waals surface area (Å²) in [5.74, 6) is 1.74. The number of rotatable bonds is 7. The first-order chi connectivity index (χ1) is 8.54. The first-order valence-corrected chi connectivity index (χ1v) is 6.50. The van der Waals surface area contributed by atoms with Crippen molar-refractivity contribution in [3.63, 3.8) is 0 Å². The summed E-state index contributed by atoms with van der Waals surface area (Å²) in [6, 6.07) is 0. The Morgan fingerprint density at radius 1 is 1.22 bits per heavy atom. The zero-order chi connectivity index (χ0) is 13.6.